The first-order chi connectivity index (χ1) is 13.9. The largest absolute Gasteiger partial charge is 0.485 e. The lowest BCUT2D eigenvalue weighted by atomic mass is 10.0. The summed E-state index contributed by atoms with van der Waals surface area (Å²) in [6, 6.07) is 4.32. The summed E-state index contributed by atoms with van der Waals surface area (Å²) >= 11 is 0. The fourth-order valence-electron chi connectivity index (χ4n) is 3.24. The Morgan fingerprint density at radius 1 is 1.28 bits per heavy atom. The van der Waals surface area contributed by atoms with Crippen molar-refractivity contribution < 1.29 is 27.5 Å². The maximum Gasteiger partial charge on any atom is 0.272 e. The predicted molar refractivity (Wildman–Crippen MR) is 99.6 cm³/mol. The maximum atomic E-state index is 13.8. The molecule has 1 saturated carbocycles. The zero-order valence-corrected chi connectivity index (χ0v) is 15.8. The van der Waals surface area contributed by atoms with E-state index in [9.17, 15) is 22.8 Å². The molecule has 2 fully saturated rings. The van der Waals surface area contributed by atoms with Gasteiger partial charge in [-0.2, -0.15) is 0 Å². The lowest BCUT2D eigenvalue weighted by Gasteiger charge is -2.19. The van der Waals surface area contributed by atoms with Crippen molar-refractivity contribution >= 4 is 11.8 Å². The van der Waals surface area contributed by atoms with Gasteiger partial charge >= 0.3 is 0 Å². The van der Waals surface area contributed by atoms with Crippen LogP contribution in [0.2, 0.25) is 0 Å². The van der Waals surface area contributed by atoms with Crippen molar-refractivity contribution in [1.29, 1.82) is 0 Å². The number of nitrogens with one attached hydrogen (secondary N) is 3. The van der Waals surface area contributed by atoms with E-state index in [-0.39, 0.29) is 35.4 Å². The molecule has 0 radical (unpaired) electrons. The molecule has 1 heterocycles. The molecular weight excluding hydrogens is 387 g/mol. The Morgan fingerprint density at radius 2 is 2.07 bits per heavy atom. The lowest BCUT2D eigenvalue weighted by Crippen LogP contribution is -2.41. The highest BCUT2D eigenvalue weighted by atomic mass is 19.3. The molecule has 2 aliphatic rings. The van der Waals surface area contributed by atoms with Crippen LogP contribution in [-0.4, -0.2) is 31.4 Å². The van der Waals surface area contributed by atoms with E-state index >= 15 is 0 Å². The summed E-state index contributed by atoms with van der Waals surface area (Å²) in [5.74, 6) is -1.56. The van der Waals surface area contributed by atoms with Crippen molar-refractivity contribution in [2.24, 2.45) is 5.92 Å². The molecule has 9 heteroatoms. The second-order valence-electron chi connectivity index (χ2n) is 7.29. The summed E-state index contributed by atoms with van der Waals surface area (Å²) in [6.45, 7) is -0.216. The molecule has 3 N–H and O–H groups in total. The van der Waals surface area contributed by atoms with Crippen LogP contribution in [0.15, 0.2) is 30.4 Å². The SMILES string of the molecule is O=C1CC(C/C=C/CCNNC2(c3ccc(F)c(OCC(F)F)c3)CC2)C(=O)N1. The van der Waals surface area contributed by atoms with Crippen LogP contribution in [0.1, 0.15) is 37.7 Å². The predicted octanol–water partition coefficient (Wildman–Crippen LogP) is 2.55. The van der Waals surface area contributed by atoms with Gasteiger partial charge in [0, 0.05) is 13.0 Å². The third-order valence-corrected chi connectivity index (χ3v) is 5.01. The van der Waals surface area contributed by atoms with Crippen LogP contribution in [0.5, 0.6) is 5.75 Å². The van der Waals surface area contributed by atoms with Gasteiger partial charge in [0.25, 0.3) is 6.43 Å². The van der Waals surface area contributed by atoms with Gasteiger partial charge in [0.05, 0.1) is 11.5 Å². The van der Waals surface area contributed by atoms with Crippen LogP contribution in [0.4, 0.5) is 13.2 Å². The smallest absolute Gasteiger partial charge is 0.272 e. The van der Waals surface area contributed by atoms with Gasteiger partial charge in [-0.05, 0) is 43.4 Å². The fourth-order valence-corrected chi connectivity index (χ4v) is 3.24. The molecule has 1 aliphatic heterocycles. The van der Waals surface area contributed by atoms with E-state index < -0.39 is 18.8 Å². The molecule has 1 atom stereocenters. The topological polar surface area (TPSA) is 79.5 Å². The van der Waals surface area contributed by atoms with Gasteiger partial charge in [0.1, 0.15) is 6.61 Å². The fraction of sp³-hybridized carbons (Fsp3) is 0.500. The third-order valence-electron chi connectivity index (χ3n) is 5.01. The van der Waals surface area contributed by atoms with Crippen molar-refractivity contribution in [3.05, 3.63) is 41.7 Å². The Balaban J connectivity index is 1.41. The number of carbonyl (C=O) groups excluding carboxylic acids is 2. The van der Waals surface area contributed by atoms with E-state index in [4.69, 9.17) is 4.74 Å². The molecule has 3 rings (SSSR count). The summed E-state index contributed by atoms with van der Waals surface area (Å²) < 4.78 is 43.2. The Bertz CT molecular complexity index is 781. The average molecular weight is 411 g/mol. The number of halogens is 3. The van der Waals surface area contributed by atoms with Gasteiger partial charge in [-0.15, -0.1) is 0 Å². The van der Waals surface area contributed by atoms with Crippen LogP contribution in [0.3, 0.4) is 0 Å². The first-order valence-electron chi connectivity index (χ1n) is 9.59. The Morgan fingerprint density at radius 3 is 2.72 bits per heavy atom. The van der Waals surface area contributed by atoms with Gasteiger partial charge in [0.15, 0.2) is 11.6 Å². The molecular formula is C20H24F3N3O3. The summed E-state index contributed by atoms with van der Waals surface area (Å²) in [7, 11) is 0. The Labute approximate surface area is 166 Å². The first-order valence-corrected chi connectivity index (χ1v) is 9.59. The summed E-state index contributed by atoms with van der Waals surface area (Å²) in [5.41, 5.74) is 6.77. The lowest BCUT2D eigenvalue weighted by molar-refractivity contribution is -0.125. The standard InChI is InChI=1S/C20H24F3N3O3/c21-15-6-5-14(11-16(15)29-12-17(22)23)20(7-8-20)26-24-9-3-1-2-4-13-10-18(27)25-19(13)28/h1-2,5-6,11,13,17,24,26H,3-4,7-10,12H2,(H,25,27,28)/b2-1+. The number of hydrazine groups is 1. The molecule has 1 saturated heterocycles. The minimum atomic E-state index is -2.66. The number of allylic oxidation sites excluding steroid dienone is 1. The zero-order chi connectivity index (χ0) is 20.9. The van der Waals surface area contributed by atoms with E-state index in [1.165, 1.54) is 12.1 Å². The first kappa shape index (κ1) is 21.3. The second-order valence-corrected chi connectivity index (χ2v) is 7.29. The molecule has 6 nitrogen and oxygen atoms in total. The van der Waals surface area contributed by atoms with Crippen LogP contribution in [0, 0.1) is 11.7 Å². The monoisotopic (exact) mass is 411 g/mol. The van der Waals surface area contributed by atoms with Gasteiger partial charge < -0.3 is 4.74 Å². The van der Waals surface area contributed by atoms with Gasteiger partial charge in [-0.1, -0.05) is 18.2 Å². The van der Waals surface area contributed by atoms with Crippen molar-refractivity contribution in [3.8, 4) is 5.75 Å². The molecule has 2 amide bonds. The van der Waals surface area contributed by atoms with E-state index in [1.807, 2.05) is 12.2 Å². The van der Waals surface area contributed by atoms with E-state index in [2.05, 4.69) is 16.2 Å². The van der Waals surface area contributed by atoms with Crippen LogP contribution in [0.25, 0.3) is 0 Å². The number of hydrogen-bond acceptors (Lipinski definition) is 5. The van der Waals surface area contributed by atoms with Crippen molar-refractivity contribution in [3.63, 3.8) is 0 Å². The third kappa shape index (κ3) is 5.80. The minimum Gasteiger partial charge on any atom is -0.485 e. The number of amides is 2. The number of benzene rings is 1. The Hall–Kier alpha value is -2.39. The molecule has 29 heavy (non-hydrogen) atoms. The molecule has 0 bridgehead atoms. The molecule has 1 aromatic carbocycles. The number of ether oxygens (including phenoxy) is 1. The van der Waals surface area contributed by atoms with Gasteiger partial charge in [-0.25, -0.2) is 18.6 Å². The Kier molecular flexibility index (Phi) is 6.92. The quantitative estimate of drug-likeness (QED) is 0.226. The maximum absolute atomic E-state index is 13.8. The van der Waals surface area contributed by atoms with Gasteiger partial charge in [-0.3, -0.25) is 20.3 Å². The molecule has 1 aliphatic carbocycles. The number of carbonyl (C=O) groups is 2. The number of imide groups is 1. The normalized spacial score (nSPS) is 20.5. The summed E-state index contributed by atoms with van der Waals surface area (Å²) in [6.07, 6.45) is 4.34. The van der Waals surface area contributed by atoms with Gasteiger partial charge in [0.2, 0.25) is 11.8 Å². The number of rotatable bonds is 11. The minimum absolute atomic E-state index is 0.173. The number of alkyl halides is 2. The molecule has 158 valence electrons. The second kappa shape index (κ2) is 9.41. The molecule has 0 aromatic heterocycles. The van der Waals surface area contributed by atoms with Crippen molar-refractivity contribution in [2.75, 3.05) is 13.2 Å². The van der Waals surface area contributed by atoms with Crippen molar-refractivity contribution in [2.45, 2.75) is 44.1 Å². The van der Waals surface area contributed by atoms with E-state index in [0.29, 0.717) is 13.0 Å². The summed E-state index contributed by atoms with van der Waals surface area (Å²) in [5, 5.41) is 2.28. The van der Waals surface area contributed by atoms with Crippen molar-refractivity contribution in [1.82, 2.24) is 16.2 Å². The average Bonchev–Trinajstić information content (AvgIpc) is 3.39. The highest BCUT2D eigenvalue weighted by molar-refractivity contribution is 6.03. The van der Waals surface area contributed by atoms with Crippen LogP contribution < -0.4 is 20.9 Å². The summed E-state index contributed by atoms with van der Waals surface area (Å²) in [4.78, 5) is 22.6. The molecule has 0 spiro atoms. The number of hydrogen-bond donors (Lipinski definition) is 3. The van der Waals surface area contributed by atoms with Crippen LogP contribution in [-0.2, 0) is 15.1 Å². The highest BCUT2D eigenvalue weighted by Crippen LogP contribution is 2.46. The molecule has 1 aromatic rings. The van der Waals surface area contributed by atoms with E-state index in [0.717, 1.165) is 24.8 Å². The highest BCUT2D eigenvalue weighted by Gasteiger charge is 2.44. The van der Waals surface area contributed by atoms with E-state index in [1.54, 1.807) is 6.07 Å². The molecule has 1 unspecified atom stereocenters. The van der Waals surface area contributed by atoms with Crippen LogP contribution >= 0.6 is 0 Å². The zero-order valence-electron chi connectivity index (χ0n) is 15.8.